The molecular weight excluding hydrogens is 208 g/mol. The number of hydrogen-bond acceptors (Lipinski definition) is 3. The highest BCUT2D eigenvalue weighted by Crippen LogP contribution is 2.40. The second kappa shape index (κ2) is 4.39. The van der Waals surface area contributed by atoms with Gasteiger partial charge in [0.05, 0.1) is 0 Å². The van der Waals surface area contributed by atoms with Gasteiger partial charge in [-0.15, -0.1) is 0 Å². The maximum Gasteiger partial charge on any atom is 0.347 e. The minimum Gasteiger partial charge on any atom is -0.299 e. The van der Waals surface area contributed by atoms with Crippen molar-refractivity contribution < 1.29 is 0 Å². The van der Waals surface area contributed by atoms with E-state index in [1.165, 1.54) is 25.7 Å². The molecule has 0 unspecified atom stereocenters. The number of rotatable bonds is 3. The lowest BCUT2D eigenvalue weighted by molar-refractivity contribution is 0.284. The SMILES string of the molecule is O=c1ncccn1CC1(CS)CCCC1. The summed E-state index contributed by atoms with van der Waals surface area (Å²) >= 11 is 4.43. The normalized spacial score (nSPS) is 19.3. The zero-order valence-corrected chi connectivity index (χ0v) is 9.62. The highest BCUT2D eigenvalue weighted by molar-refractivity contribution is 7.80. The Bertz CT molecular complexity index is 382. The molecule has 1 saturated carbocycles. The Balaban J connectivity index is 2.20. The van der Waals surface area contributed by atoms with Crippen molar-refractivity contribution in [3.8, 4) is 0 Å². The fourth-order valence-electron chi connectivity index (χ4n) is 2.36. The van der Waals surface area contributed by atoms with Gasteiger partial charge in [-0.05, 0) is 30.1 Å². The monoisotopic (exact) mass is 224 g/mol. The molecule has 82 valence electrons. The molecule has 1 aliphatic rings. The molecule has 0 spiro atoms. The average Bonchev–Trinajstić information content (AvgIpc) is 2.71. The zero-order chi connectivity index (χ0) is 10.7. The van der Waals surface area contributed by atoms with Gasteiger partial charge in [-0.25, -0.2) is 9.78 Å². The highest BCUT2D eigenvalue weighted by Gasteiger charge is 2.32. The Morgan fingerprint density at radius 2 is 2.20 bits per heavy atom. The molecule has 1 aromatic rings. The first-order valence-corrected chi connectivity index (χ1v) is 6.01. The quantitative estimate of drug-likeness (QED) is 0.794. The van der Waals surface area contributed by atoms with Crippen molar-refractivity contribution in [3.63, 3.8) is 0 Å². The molecule has 1 fully saturated rings. The van der Waals surface area contributed by atoms with Gasteiger partial charge >= 0.3 is 5.69 Å². The summed E-state index contributed by atoms with van der Waals surface area (Å²) in [5.74, 6) is 0.855. The summed E-state index contributed by atoms with van der Waals surface area (Å²) in [7, 11) is 0. The number of nitrogens with zero attached hydrogens (tertiary/aromatic N) is 2. The van der Waals surface area contributed by atoms with E-state index in [0.717, 1.165) is 12.3 Å². The highest BCUT2D eigenvalue weighted by atomic mass is 32.1. The predicted molar refractivity (Wildman–Crippen MR) is 63.3 cm³/mol. The summed E-state index contributed by atoms with van der Waals surface area (Å²) < 4.78 is 1.71. The second-order valence-electron chi connectivity index (χ2n) is 4.40. The molecule has 1 aliphatic carbocycles. The van der Waals surface area contributed by atoms with Crippen LogP contribution in [0, 0.1) is 5.41 Å². The summed E-state index contributed by atoms with van der Waals surface area (Å²) in [6, 6.07) is 1.81. The van der Waals surface area contributed by atoms with Crippen molar-refractivity contribution in [2.24, 2.45) is 5.41 Å². The number of thiol groups is 1. The first-order valence-electron chi connectivity index (χ1n) is 5.38. The minimum atomic E-state index is -0.148. The Morgan fingerprint density at radius 3 is 2.80 bits per heavy atom. The number of aromatic nitrogens is 2. The third-order valence-corrected chi connectivity index (χ3v) is 3.96. The third-order valence-electron chi connectivity index (χ3n) is 3.29. The van der Waals surface area contributed by atoms with Crippen molar-refractivity contribution >= 4 is 12.6 Å². The van der Waals surface area contributed by atoms with Crippen LogP contribution in [0.4, 0.5) is 0 Å². The van der Waals surface area contributed by atoms with E-state index in [9.17, 15) is 4.79 Å². The molecule has 0 bridgehead atoms. The molecule has 4 heteroatoms. The van der Waals surface area contributed by atoms with Gasteiger partial charge in [0.25, 0.3) is 0 Å². The summed E-state index contributed by atoms with van der Waals surface area (Å²) in [4.78, 5) is 15.3. The molecule has 0 N–H and O–H groups in total. The standard InChI is InChI=1S/C11H16N2OS/c14-10-12-6-3-7-13(10)8-11(9-15)4-1-2-5-11/h3,6-7,15H,1-2,4-5,8-9H2. The Kier molecular flexibility index (Phi) is 3.14. The molecular formula is C11H16N2OS. The van der Waals surface area contributed by atoms with E-state index >= 15 is 0 Å². The molecule has 1 heterocycles. The smallest absolute Gasteiger partial charge is 0.299 e. The predicted octanol–water partition coefficient (Wildman–Crippen LogP) is 1.73. The van der Waals surface area contributed by atoms with Gasteiger partial charge in [-0.2, -0.15) is 12.6 Å². The molecule has 2 rings (SSSR count). The molecule has 3 nitrogen and oxygen atoms in total. The van der Waals surface area contributed by atoms with Gasteiger partial charge < -0.3 is 0 Å². The first kappa shape index (κ1) is 10.7. The van der Waals surface area contributed by atoms with Gasteiger partial charge in [-0.3, -0.25) is 4.57 Å². The molecule has 0 aliphatic heterocycles. The van der Waals surface area contributed by atoms with Crippen LogP contribution in [-0.2, 0) is 6.54 Å². The summed E-state index contributed by atoms with van der Waals surface area (Å²) in [6.07, 6.45) is 8.24. The fourth-order valence-corrected chi connectivity index (χ4v) is 2.78. The molecule has 15 heavy (non-hydrogen) atoms. The van der Waals surface area contributed by atoms with E-state index in [1.54, 1.807) is 10.8 Å². The van der Waals surface area contributed by atoms with E-state index in [4.69, 9.17) is 0 Å². The van der Waals surface area contributed by atoms with Crippen molar-refractivity contribution in [1.82, 2.24) is 9.55 Å². The van der Waals surface area contributed by atoms with Crippen molar-refractivity contribution in [2.45, 2.75) is 32.2 Å². The Labute approximate surface area is 94.9 Å². The second-order valence-corrected chi connectivity index (χ2v) is 4.71. The first-order chi connectivity index (χ1) is 7.26. The lowest BCUT2D eigenvalue weighted by Gasteiger charge is -2.27. The Hall–Kier alpha value is -0.770. The van der Waals surface area contributed by atoms with Crippen molar-refractivity contribution in [2.75, 3.05) is 5.75 Å². The zero-order valence-electron chi connectivity index (χ0n) is 8.72. The third kappa shape index (κ3) is 2.25. The summed E-state index contributed by atoms with van der Waals surface area (Å²) in [6.45, 7) is 0.767. The van der Waals surface area contributed by atoms with Crippen LogP contribution in [0.15, 0.2) is 23.3 Å². The van der Waals surface area contributed by atoms with E-state index < -0.39 is 0 Å². The van der Waals surface area contributed by atoms with Gasteiger partial charge in [0.2, 0.25) is 0 Å². The molecule has 0 aromatic carbocycles. The fraction of sp³-hybridized carbons (Fsp3) is 0.636. The van der Waals surface area contributed by atoms with Gasteiger partial charge in [0, 0.05) is 18.9 Å². The largest absolute Gasteiger partial charge is 0.347 e. The van der Waals surface area contributed by atoms with Crippen LogP contribution in [0.1, 0.15) is 25.7 Å². The maximum atomic E-state index is 11.5. The lowest BCUT2D eigenvalue weighted by Crippen LogP contribution is -2.32. The van der Waals surface area contributed by atoms with Crippen LogP contribution in [0.3, 0.4) is 0 Å². The molecule has 0 saturated heterocycles. The number of hydrogen-bond donors (Lipinski definition) is 1. The summed E-state index contributed by atoms with van der Waals surface area (Å²) in [5, 5.41) is 0. The minimum absolute atomic E-state index is 0.148. The van der Waals surface area contributed by atoms with Crippen LogP contribution < -0.4 is 5.69 Å². The van der Waals surface area contributed by atoms with Crippen LogP contribution >= 0.6 is 12.6 Å². The van der Waals surface area contributed by atoms with Crippen LogP contribution in [0.5, 0.6) is 0 Å². The van der Waals surface area contributed by atoms with Crippen molar-refractivity contribution in [1.29, 1.82) is 0 Å². The van der Waals surface area contributed by atoms with Crippen molar-refractivity contribution in [3.05, 3.63) is 28.9 Å². The maximum absolute atomic E-state index is 11.5. The van der Waals surface area contributed by atoms with Crippen LogP contribution in [0.25, 0.3) is 0 Å². The van der Waals surface area contributed by atoms with Crippen LogP contribution in [0.2, 0.25) is 0 Å². The van der Waals surface area contributed by atoms with E-state index in [1.807, 2.05) is 12.3 Å². The molecule has 0 amide bonds. The van der Waals surface area contributed by atoms with E-state index in [-0.39, 0.29) is 11.1 Å². The van der Waals surface area contributed by atoms with E-state index in [0.29, 0.717) is 0 Å². The molecule has 1 aromatic heterocycles. The van der Waals surface area contributed by atoms with Gasteiger partial charge in [0.1, 0.15) is 0 Å². The van der Waals surface area contributed by atoms with Gasteiger partial charge in [0.15, 0.2) is 0 Å². The van der Waals surface area contributed by atoms with Gasteiger partial charge in [-0.1, -0.05) is 12.8 Å². The Morgan fingerprint density at radius 1 is 1.47 bits per heavy atom. The molecule has 0 atom stereocenters. The topological polar surface area (TPSA) is 34.9 Å². The summed E-state index contributed by atoms with van der Waals surface area (Å²) in [5.41, 5.74) is 0.0706. The van der Waals surface area contributed by atoms with E-state index in [2.05, 4.69) is 17.6 Å². The average molecular weight is 224 g/mol. The van der Waals surface area contributed by atoms with Crippen LogP contribution in [-0.4, -0.2) is 15.3 Å². The lowest BCUT2D eigenvalue weighted by atomic mass is 9.88. The molecule has 0 radical (unpaired) electrons.